The van der Waals surface area contributed by atoms with E-state index in [1.54, 1.807) is 0 Å². The molecular formula is C9H13N3O6S. The molecule has 0 aliphatic rings. The molecule has 19 heavy (non-hydrogen) atoms. The van der Waals surface area contributed by atoms with E-state index in [0.29, 0.717) is 4.31 Å². The van der Waals surface area contributed by atoms with Crippen LogP contribution >= 0.6 is 0 Å². The van der Waals surface area contributed by atoms with Crippen molar-refractivity contribution >= 4 is 22.0 Å². The van der Waals surface area contributed by atoms with Gasteiger partial charge in [-0.15, -0.1) is 0 Å². The van der Waals surface area contributed by atoms with Crippen molar-refractivity contribution in [1.82, 2.24) is 14.3 Å². The molecule has 1 heterocycles. The molecule has 1 rings (SSSR count). The maximum Gasteiger partial charge on any atom is 0.321 e. The Labute approximate surface area is 109 Å². The summed E-state index contributed by atoms with van der Waals surface area (Å²) >= 11 is 0. The smallest absolute Gasteiger partial charge is 0.321 e. The van der Waals surface area contributed by atoms with E-state index in [2.05, 4.69) is 19.4 Å². The molecule has 0 radical (unpaired) electrons. The summed E-state index contributed by atoms with van der Waals surface area (Å²) in [4.78, 5) is 28.4. The van der Waals surface area contributed by atoms with Crippen molar-refractivity contribution in [2.24, 2.45) is 0 Å². The Kier molecular flexibility index (Phi) is 5.01. The topological polar surface area (TPSA) is 119 Å². The van der Waals surface area contributed by atoms with Gasteiger partial charge in [0.2, 0.25) is 0 Å². The maximum absolute atomic E-state index is 12.1. The van der Waals surface area contributed by atoms with Crippen LogP contribution in [-0.2, 0) is 29.1 Å². The number of carbonyl (C=O) groups excluding carboxylic acids is 2. The lowest BCUT2D eigenvalue weighted by atomic mass is 10.6. The fourth-order valence-corrected chi connectivity index (χ4v) is 2.39. The molecule has 0 saturated carbocycles. The highest BCUT2D eigenvalue weighted by atomic mass is 32.2. The van der Waals surface area contributed by atoms with Crippen LogP contribution in [-0.4, -0.2) is 61.9 Å². The van der Waals surface area contributed by atoms with Gasteiger partial charge in [0.15, 0.2) is 5.03 Å². The predicted molar refractivity (Wildman–Crippen MR) is 61.4 cm³/mol. The Balaban J connectivity index is 3.01. The maximum atomic E-state index is 12.1. The number of aromatic nitrogens is 2. The van der Waals surface area contributed by atoms with Crippen LogP contribution in [0.1, 0.15) is 0 Å². The van der Waals surface area contributed by atoms with Crippen LogP contribution in [0, 0.1) is 0 Å². The average Bonchev–Trinajstić information content (AvgIpc) is 2.91. The number of nitrogens with one attached hydrogen (secondary N) is 1. The lowest BCUT2D eigenvalue weighted by Gasteiger charge is -2.18. The zero-order valence-corrected chi connectivity index (χ0v) is 11.1. The van der Waals surface area contributed by atoms with Crippen LogP contribution in [0.25, 0.3) is 0 Å². The number of imidazole rings is 1. The van der Waals surface area contributed by atoms with Crippen molar-refractivity contribution in [2.75, 3.05) is 27.3 Å². The molecule has 9 nitrogen and oxygen atoms in total. The number of H-pyrrole nitrogens is 1. The molecule has 1 aromatic rings. The number of rotatable bonds is 6. The highest BCUT2D eigenvalue weighted by Crippen LogP contribution is 2.12. The second-order valence-electron chi connectivity index (χ2n) is 3.34. The number of carbonyl (C=O) groups is 2. The molecule has 0 spiro atoms. The number of aromatic amines is 1. The summed E-state index contributed by atoms with van der Waals surface area (Å²) in [6.45, 7) is -1.21. The summed E-state index contributed by atoms with van der Waals surface area (Å²) in [7, 11) is -1.83. The minimum atomic E-state index is -4.05. The summed E-state index contributed by atoms with van der Waals surface area (Å²) in [5.41, 5.74) is 0. The highest BCUT2D eigenvalue weighted by molar-refractivity contribution is 7.89. The summed E-state index contributed by atoms with van der Waals surface area (Å²) in [6, 6.07) is 0. The molecule has 10 heteroatoms. The van der Waals surface area contributed by atoms with Crippen molar-refractivity contribution in [2.45, 2.75) is 5.03 Å². The third-order valence-corrected chi connectivity index (χ3v) is 3.87. The number of nitrogens with zero attached hydrogens (tertiary/aromatic N) is 2. The number of ether oxygens (including phenoxy) is 2. The van der Waals surface area contributed by atoms with Gasteiger partial charge in [-0.3, -0.25) is 9.59 Å². The summed E-state index contributed by atoms with van der Waals surface area (Å²) in [6.07, 6.45) is 2.23. The molecule has 0 saturated heterocycles. The van der Waals surface area contributed by atoms with E-state index >= 15 is 0 Å². The van der Waals surface area contributed by atoms with E-state index in [0.717, 1.165) is 20.4 Å². The molecule has 1 aromatic heterocycles. The second kappa shape index (κ2) is 6.29. The van der Waals surface area contributed by atoms with E-state index in [1.165, 1.54) is 6.33 Å². The number of sulfonamides is 1. The number of methoxy groups -OCH3 is 2. The zero-order valence-electron chi connectivity index (χ0n) is 10.3. The van der Waals surface area contributed by atoms with Crippen molar-refractivity contribution in [3.8, 4) is 0 Å². The van der Waals surface area contributed by atoms with Gasteiger partial charge in [-0.05, 0) is 0 Å². The Morgan fingerprint density at radius 1 is 1.26 bits per heavy atom. The standard InChI is InChI=1S/C9H13N3O6S/c1-17-8(13)4-12(5-9(14)18-2)19(15,16)7-3-10-6-11-7/h3,6H,4-5H2,1-2H3,(H,10,11). The summed E-state index contributed by atoms with van der Waals surface area (Å²) in [5, 5.41) is -0.236. The van der Waals surface area contributed by atoms with Crippen LogP contribution in [0.5, 0.6) is 0 Å². The Morgan fingerprint density at radius 3 is 2.16 bits per heavy atom. The summed E-state index contributed by atoms with van der Waals surface area (Å²) < 4.78 is 33.7. The van der Waals surface area contributed by atoms with Crippen molar-refractivity contribution in [3.63, 3.8) is 0 Å². The van der Waals surface area contributed by atoms with E-state index in [9.17, 15) is 18.0 Å². The van der Waals surface area contributed by atoms with Gasteiger partial charge in [0.1, 0.15) is 13.1 Å². The monoisotopic (exact) mass is 291 g/mol. The molecule has 0 aromatic carbocycles. The average molecular weight is 291 g/mol. The van der Waals surface area contributed by atoms with Gasteiger partial charge in [0.05, 0.1) is 26.7 Å². The van der Waals surface area contributed by atoms with Crippen molar-refractivity contribution in [3.05, 3.63) is 12.5 Å². The van der Waals surface area contributed by atoms with Crippen LogP contribution in [0.4, 0.5) is 0 Å². The first-order valence-corrected chi connectivity index (χ1v) is 6.48. The van der Waals surface area contributed by atoms with Crippen LogP contribution in [0.15, 0.2) is 17.6 Å². The molecule has 0 aliphatic heterocycles. The quantitative estimate of drug-likeness (QED) is 0.650. The highest BCUT2D eigenvalue weighted by Gasteiger charge is 2.30. The molecule has 0 atom stereocenters. The van der Waals surface area contributed by atoms with Crippen LogP contribution in [0.3, 0.4) is 0 Å². The first-order valence-electron chi connectivity index (χ1n) is 5.04. The first kappa shape index (κ1) is 15.1. The van der Waals surface area contributed by atoms with Gasteiger partial charge in [0.25, 0.3) is 10.0 Å². The van der Waals surface area contributed by atoms with E-state index < -0.39 is 35.1 Å². The lowest BCUT2D eigenvalue weighted by molar-refractivity contribution is -0.143. The predicted octanol–water partition coefficient (Wildman–Crippen LogP) is -1.25. The van der Waals surface area contributed by atoms with Gasteiger partial charge in [-0.25, -0.2) is 13.4 Å². The van der Waals surface area contributed by atoms with E-state index in [4.69, 9.17) is 0 Å². The fraction of sp³-hybridized carbons (Fsp3) is 0.444. The van der Waals surface area contributed by atoms with Crippen molar-refractivity contribution in [1.29, 1.82) is 0 Å². The van der Waals surface area contributed by atoms with Gasteiger partial charge >= 0.3 is 11.9 Å². The molecule has 0 unspecified atom stereocenters. The van der Waals surface area contributed by atoms with Crippen LogP contribution < -0.4 is 0 Å². The Hall–Kier alpha value is -1.94. The minimum absolute atomic E-state index is 0.236. The van der Waals surface area contributed by atoms with Gasteiger partial charge < -0.3 is 14.5 Å². The third-order valence-electron chi connectivity index (χ3n) is 2.16. The molecule has 0 fully saturated rings. The largest absolute Gasteiger partial charge is 0.468 e. The zero-order chi connectivity index (χ0) is 14.5. The molecule has 0 bridgehead atoms. The third kappa shape index (κ3) is 3.76. The van der Waals surface area contributed by atoms with Crippen molar-refractivity contribution < 1.29 is 27.5 Å². The number of hydrogen-bond acceptors (Lipinski definition) is 7. The second-order valence-corrected chi connectivity index (χ2v) is 5.25. The van der Waals surface area contributed by atoms with E-state index in [1.807, 2.05) is 0 Å². The van der Waals surface area contributed by atoms with Gasteiger partial charge in [-0.1, -0.05) is 0 Å². The lowest BCUT2D eigenvalue weighted by Crippen LogP contribution is -2.40. The van der Waals surface area contributed by atoms with E-state index in [-0.39, 0.29) is 5.03 Å². The van der Waals surface area contributed by atoms with Crippen LogP contribution in [0.2, 0.25) is 0 Å². The summed E-state index contributed by atoms with van der Waals surface area (Å²) in [5.74, 6) is -1.60. The molecule has 106 valence electrons. The number of hydrogen-bond donors (Lipinski definition) is 1. The minimum Gasteiger partial charge on any atom is -0.468 e. The Morgan fingerprint density at radius 2 is 1.79 bits per heavy atom. The fourth-order valence-electron chi connectivity index (χ4n) is 1.17. The molecule has 0 aliphatic carbocycles. The molecular weight excluding hydrogens is 278 g/mol. The normalized spacial score (nSPS) is 11.3. The molecule has 0 amide bonds. The molecule has 1 N–H and O–H groups in total. The van der Waals surface area contributed by atoms with Gasteiger partial charge in [0, 0.05) is 0 Å². The van der Waals surface area contributed by atoms with Gasteiger partial charge in [-0.2, -0.15) is 4.31 Å². The first-order chi connectivity index (χ1) is 8.91. The Bertz CT molecular complexity index is 520. The SMILES string of the molecule is COC(=O)CN(CC(=O)OC)S(=O)(=O)c1cnc[nH]1. The number of esters is 2.